The molecule has 4 amide bonds. The van der Waals surface area contributed by atoms with E-state index < -0.39 is 83.8 Å². The molecule has 23 heteroatoms. The van der Waals surface area contributed by atoms with E-state index in [1.807, 2.05) is 13.8 Å². The van der Waals surface area contributed by atoms with Crippen molar-refractivity contribution < 1.29 is 74.4 Å². The molecule has 0 radical (unpaired) electrons. The minimum absolute atomic E-state index is 0.00152. The highest BCUT2D eigenvalue weighted by atomic mass is 32.2. The standard InChI is InChI=1S/C55H72F2N5O14PS/c1-5-10-41(64)13-9-14-58-53(67)34(3)20-47(65)44(21-35-11-7-6-8-12-35)60-52(66)29-59-77(70,18-16-76-50-24-36-19-33(2)45-26-39(56)30-61(45)55(69)43(36)28-49(50)74-4)17-15-75-48-23-37-25-51(78(71,72)73)46-27-40(57)31-62(46)54(68)42(37)22-38(48)32-63/h6-8,11-12,22-24,28,33-34,39-40,44-46,51,63H,5,9-10,13-21,25-27,29-32H2,1-4H3,(H,58,67)(H,59,70)(H,60,66)(H,71,72,73)/t33?,34-,39-,40-,44+,45-,46+,51?,77?/m1/s1. The van der Waals surface area contributed by atoms with Crippen molar-refractivity contribution in [2.75, 3.05) is 58.8 Å². The van der Waals surface area contributed by atoms with Crippen molar-refractivity contribution in [2.45, 2.75) is 127 Å². The van der Waals surface area contributed by atoms with Crippen molar-refractivity contribution in [3.05, 3.63) is 88.0 Å². The molecule has 3 aromatic carbocycles. The Hall–Kier alpha value is -5.80. The van der Waals surface area contributed by atoms with Gasteiger partial charge in [-0.05, 0) is 79.0 Å². The van der Waals surface area contributed by atoms with E-state index in [1.54, 1.807) is 54.3 Å². The van der Waals surface area contributed by atoms with E-state index in [0.717, 1.165) is 16.9 Å². The summed E-state index contributed by atoms with van der Waals surface area (Å²) in [5, 5.41) is 17.3. The minimum atomic E-state index is -4.79. The van der Waals surface area contributed by atoms with Gasteiger partial charge < -0.3 is 44.3 Å². The van der Waals surface area contributed by atoms with E-state index in [1.165, 1.54) is 19.2 Å². The molecule has 0 aliphatic carbocycles. The van der Waals surface area contributed by atoms with Crippen LogP contribution in [0.1, 0.15) is 109 Å². The molecule has 0 aromatic heterocycles. The topological polar surface area (TPSA) is 264 Å². The number of methoxy groups -OCH3 is 1. The summed E-state index contributed by atoms with van der Waals surface area (Å²) in [7, 11) is -7.17. The lowest BCUT2D eigenvalue weighted by molar-refractivity contribution is -0.131. The number of benzene rings is 3. The number of nitrogens with zero attached hydrogens (tertiary/aromatic N) is 2. The number of hydrogen-bond acceptors (Lipinski definition) is 13. The Kier molecular flexibility index (Phi) is 20.3. The van der Waals surface area contributed by atoms with Crippen LogP contribution >= 0.6 is 7.29 Å². The van der Waals surface area contributed by atoms with E-state index in [4.69, 9.17) is 14.2 Å². The molecule has 2 saturated heterocycles. The summed E-state index contributed by atoms with van der Waals surface area (Å²) in [5.41, 5.74) is 2.03. The number of ether oxygens (including phenoxy) is 3. The highest BCUT2D eigenvalue weighted by Gasteiger charge is 2.48. The lowest BCUT2D eigenvalue weighted by Crippen LogP contribution is -2.46. The number of amides is 4. The summed E-state index contributed by atoms with van der Waals surface area (Å²) in [6.45, 7) is 3.61. The van der Waals surface area contributed by atoms with Gasteiger partial charge in [0.2, 0.25) is 11.8 Å². The third-order valence-corrected chi connectivity index (χ3v) is 19.0. The SMILES string of the molecule is CCCC(=O)CCCNC(=O)[C@H](C)CC(=O)[C@H](Cc1ccccc1)NC(=O)CNP(=O)(CCOc1cc2c(cc1CO)C(=O)N1C[C@H](F)C[C@H]1C(S(=O)(=O)O)C2)CCOc1cc2c(cc1OC)C(=O)N1C[C@H](F)C[C@@H]1C(C)C2. The summed E-state index contributed by atoms with van der Waals surface area (Å²) in [6, 6.07) is 12.3. The number of alkyl halides is 2. The molecule has 7 rings (SSSR count). The van der Waals surface area contributed by atoms with Gasteiger partial charge in [-0.2, -0.15) is 8.42 Å². The molecule has 5 N–H and O–H groups in total. The van der Waals surface area contributed by atoms with Gasteiger partial charge in [0.25, 0.3) is 21.9 Å². The molecule has 19 nitrogen and oxygen atoms in total. The minimum Gasteiger partial charge on any atom is -0.493 e. The van der Waals surface area contributed by atoms with Crippen LogP contribution in [0.15, 0.2) is 54.6 Å². The van der Waals surface area contributed by atoms with Gasteiger partial charge in [0.15, 0.2) is 24.6 Å². The van der Waals surface area contributed by atoms with E-state index in [9.17, 15) is 55.6 Å². The van der Waals surface area contributed by atoms with Gasteiger partial charge >= 0.3 is 0 Å². The van der Waals surface area contributed by atoms with E-state index in [0.29, 0.717) is 36.8 Å². The fourth-order valence-corrected chi connectivity index (χ4v) is 13.8. The highest BCUT2D eigenvalue weighted by molar-refractivity contribution is 7.86. The number of fused-ring (bicyclic) bond motifs is 4. The molecular formula is C55H72F2N5O14PS. The Balaban J connectivity index is 1.08. The van der Waals surface area contributed by atoms with Crippen LogP contribution in [0.3, 0.4) is 0 Å². The molecule has 3 unspecified atom stereocenters. The van der Waals surface area contributed by atoms with Crippen LogP contribution in [0.5, 0.6) is 17.2 Å². The van der Waals surface area contributed by atoms with Crippen LogP contribution in [0.4, 0.5) is 8.78 Å². The van der Waals surface area contributed by atoms with Crippen LogP contribution in [0, 0.1) is 11.8 Å². The van der Waals surface area contributed by atoms with Crippen LogP contribution in [0.2, 0.25) is 0 Å². The van der Waals surface area contributed by atoms with E-state index in [-0.39, 0.29) is 141 Å². The zero-order valence-electron chi connectivity index (χ0n) is 44.5. The van der Waals surface area contributed by atoms with Crippen LogP contribution in [0.25, 0.3) is 0 Å². The van der Waals surface area contributed by atoms with Crippen molar-refractivity contribution in [2.24, 2.45) is 11.8 Å². The van der Waals surface area contributed by atoms with Crippen molar-refractivity contribution in [1.29, 1.82) is 0 Å². The number of rotatable bonds is 27. The van der Waals surface area contributed by atoms with Gasteiger partial charge in [0.05, 0.1) is 58.6 Å². The van der Waals surface area contributed by atoms with Crippen molar-refractivity contribution in [3.8, 4) is 17.2 Å². The monoisotopic (exact) mass is 1130 g/mol. The number of carbonyl (C=O) groups is 6. The second kappa shape index (κ2) is 26.4. The fourth-order valence-electron chi connectivity index (χ4n) is 11.0. The smallest absolute Gasteiger partial charge is 0.270 e. The van der Waals surface area contributed by atoms with Gasteiger partial charge in [-0.15, -0.1) is 0 Å². The third-order valence-electron chi connectivity index (χ3n) is 15.2. The second-order valence-electron chi connectivity index (χ2n) is 21.0. The number of aliphatic hydroxyl groups is 1. The Morgan fingerprint density at radius 1 is 0.859 bits per heavy atom. The third kappa shape index (κ3) is 14.9. The lowest BCUT2D eigenvalue weighted by Gasteiger charge is -2.26. The summed E-state index contributed by atoms with van der Waals surface area (Å²) >= 11 is 0. The number of carbonyl (C=O) groups excluding carboxylic acids is 6. The predicted molar refractivity (Wildman–Crippen MR) is 285 cm³/mol. The number of hydrogen-bond donors (Lipinski definition) is 5. The van der Waals surface area contributed by atoms with E-state index in [2.05, 4.69) is 15.7 Å². The Morgan fingerprint density at radius 3 is 2.12 bits per heavy atom. The normalized spacial score (nSPS) is 22.4. The van der Waals surface area contributed by atoms with Gasteiger partial charge in [0, 0.05) is 79.6 Å². The predicted octanol–water partition coefficient (Wildman–Crippen LogP) is 5.21. The quantitative estimate of drug-likeness (QED) is 0.0373. The molecule has 0 bridgehead atoms. The van der Waals surface area contributed by atoms with Gasteiger partial charge in [-0.25, -0.2) is 8.78 Å². The summed E-state index contributed by atoms with van der Waals surface area (Å²) in [4.78, 5) is 82.9. The van der Waals surface area contributed by atoms with Crippen LogP contribution in [-0.2, 0) is 59.7 Å². The first-order valence-electron chi connectivity index (χ1n) is 26.7. The first kappa shape index (κ1) is 59.9. The van der Waals surface area contributed by atoms with Crippen LogP contribution in [-0.4, -0.2) is 158 Å². The molecule has 4 aliphatic heterocycles. The number of ketones is 2. The van der Waals surface area contributed by atoms with Crippen LogP contribution < -0.4 is 29.9 Å². The maximum Gasteiger partial charge on any atom is 0.270 e. The van der Waals surface area contributed by atoms with Crippen molar-refractivity contribution in [1.82, 2.24) is 25.5 Å². The van der Waals surface area contributed by atoms with Gasteiger partial charge in [-0.1, -0.05) is 51.1 Å². The molecule has 4 aliphatic rings. The Bertz CT molecular complexity index is 2860. The molecule has 0 spiro atoms. The zero-order valence-corrected chi connectivity index (χ0v) is 46.3. The van der Waals surface area contributed by atoms with Gasteiger partial charge in [0.1, 0.15) is 29.1 Å². The van der Waals surface area contributed by atoms with Crippen molar-refractivity contribution in [3.63, 3.8) is 0 Å². The van der Waals surface area contributed by atoms with Crippen molar-refractivity contribution >= 4 is 52.6 Å². The second-order valence-corrected chi connectivity index (χ2v) is 25.6. The van der Waals surface area contributed by atoms with Gasteiger partial charge in [-0.3, -0.25) is 38.4 Å². The number of nitrogens with one attached hydrogen (secondary N) is 3. The molecule has 426 valence electrons. The highest BCUT2D eigenvalue weighted by Crippen LogP contribution is 2.43. The summed E-state index contributed by atoms with van der Waals surface area (Å²) in [6.07, 6.45) is -1.23. The summed E-state index contributed by atoms with van der Waals surface area (Å²) < 4.78 is 97.8. The Morgan fingerprint density at radius 2 is 1.47 bits per heavy atom. The molecule has 0 saturated carbocycles. The average Bonchev–Trinajstić information content (AvgIpc) is 4.02. The molecular weight excluding hydrogens is 1060 g/mol. The maximum absolute atomic E-state index is 15.1. The molecule has 2 fully saturated rings. The average molecular weight is 1130 g/mol. The maximum atomic E-state index is 15.1. The zero-order chi connectivity index (χ0) is 56.5. The first-order chi connectivity index (χ1) is 37.1. The summed E-state index contributed by atoms with van der Waals surface area (Å²) in [5.74, 6) is -2.76. The number of Topliss-reactive ketones (excluding diaryl/α,β-unsaturated/α-hetero) is 2. The number of aliphatic hydroxyl groups excluding tert-OH is 1. The molecule has 78 heavy (non-hydrogen) atoms. The molecule has 4 heterocycles. The lowest BCUT2D eigenvalue weighted by atomic mass is 9.92. The van der Waals surface area contributed by atoms with E-state index >= 15 is 4.57 Å². The Labute approximate surface area is 454 Å². The largest absolute Gasteiger partial charge is 0.493 e. The number of halogens is 2. The first-order valence-corrected chi connectivity index (χ1v) is 30.3. The fraction of sp³-hybridized carbons (Fsp3) is 0.564. The molecule has 3 aromatic rings. The molecule has 9 atom stereocenters.